The van der Waals surface area contributed by atoms with Crippen molar-refractivity contribution in [3.8, 4) is 5.75 Å². The molecule has 28 heavy (non-hydrogen) atoms. The molecule has 0 spiro atoms. The Morgan fingerprint density at radius 3 is 2.68 bits per heavy atom. The minimum Gasteiger partial charge on any atom is -0.497 e. The molecule has 0 unspecified atom stereocenters. The fraction of sp³-hybridized carbons (Fsp3) is 0.375. The van der Waals surface area contributed by atoms with Gasteiger partial charge in [-0.3, -0.25) is 4.79 Å². The van der Waals surface area contributed by atoms with Crippen LogP contribution < -0.4 is 4.74 Å². The van der Waals surface area contributed by atoms with Crippen LogP contribution in [0.3, 0.4) is 0 Å². The van der Waals surface area contributed by atoms with E-state index in [1.165, 1.54) is 24.8 Å². The summed E-state index contributed by atoms with van der Waals surface area (Å²) in [5, 5.41) is 0.950. The van der Waals surface area contributed by atoms with Crippen LogP contribution in [0.15, 0.2) is 54.7 Å². The summed E-state index contributed by atoms with van der Waals surface area (Å²) < 4.78 is 5.30. The third-order valence-electron chi connectivity index (χ3n) is 5.92. The first kappa shape index (κ1) is 18.8. The summed E-state index contributed by atoms with van der Waals surface area (Å²) in [5.74, 6) is 1.74. The minimum atomic E-state index is 0.200. The van der Waals surface area contributed by atoms with Gasteiger partial charge in [0.2, 0.25) is 0 Å². The number of methoxy groups -OCH3 is 1. The predicted molar refractivity (Wildman–Crippen MR) is 113 cm³/mol. The minimum absolute atomic E-state index is 0.200. The van der Waals surface area contributed by atoms with E-state index in [9.17, 15) is 4.79 Å². The fourth-order valence-corrected chi connectivity index (χ4v) is 4.21. The predicted octanol–water partition coefficient (Wildman–Crippen LogP) is 4.70. The molecule has 0 atom stereocenters. The summed E-state index contributed by atoms with van der Waals surface area (Å²) in [6.07, 6.45) is 6.00. The van der Waals surface area contributed by atoms with Crippen molar-refractivity contribution in [3.63, 3.8) is 0 Å². The number of carbonyl (C=O) groups excluding carboxylic acids is 1. The number of carbonyl (C=O) groups is 1. The zero-order chi connectivity index (χ0) is 19.3. The molecule has 2 aromatic carbocycles. The molecule has 1 saturated heterocycles. The summed E-state index contributed by atoms with van der Waals surface area (Å²) in [4.78, 5) is 18.4. The average molecular weight is 377 g/mol. The number of likely N-dealkylation sites (tertiary alicyclic amines) is 1. The molecule has 0 amide bonds. The van der Waals surface area contributed by atoms with E-state index >= 15 is 0 Å². The lowest BCUT2D eigenvalue weighted by atomic mass is 9.90. The second kappa shape index (κ2) is 8.61. The summed E-state index contributed by atoms with van der Waals surface area (Å²) >= 11 is 0. The number of H-pyrrole nitrogens is 1. The number of aromatic nitrogens is 1. The maximum atomic E-state index is 12.8. The maximum Gasteiger partial charge on any atom is 0.166 e. The third-order valence-corrected chi connectivity index (χ3v) is 5.92. The second-order valence-corrected chi connectivity index (χ2v) is 7.76. The van der Waals surface area contributed by atoms with Crippen molar-refractivity contribution in [2.45, 2.75) is 25.7 Å². The van der Waals surface area contributed by atoms with Crippen LogP contribution in [0, 0.1) is 5.92 Å². The molecule has 1 aliphatic rings. The lowest BCUT2D eigenvalue weighted by molar-refractivity contribution is 0.0952. The number of hydrogen-bond donors (Lipinski definition) is 1. The van der Waals surface area contributed by atoms with Gasteiger partial charge in [0.25, 0.3) is 0 Å². The zero-order valence-corrected chi connectivity index (χ0v) is 16.5. The normalized spacial score (nSPS) is 15.8. The molecule has 0 bridgehead atoms. The number of ether oxygens (including phenoxy) is 1. The molecule has 4 rings (SSSR count). The van der Waals surface area contributed by atoms with Gasteiger partial charge in [-0.15, -0.1) is 0 Å². The molecule has 1 fully saturated rings. The number of nitrogens with one attached hydrogen (secondary N) is 1. The van der Waals surface area contributed by atoms with Crippen molar-refractivity contribution >= 4 is 16.7 Å². The molecular weight excluding hydrogens is 348 g/mol. The van der Waals surface area contributed by atoms with E-state index in [1.54, 1.807) is 7.11 Å². The first-order valence-electron chi connectivity index (χ1n) is 10.2. The lowest BCUT2D eigenvalue weighted by Gasteiger charge is -2.31. The van der Waals surface area contributed by atoms with E-state index in [0.29, 0.717) is 6.42 Å². The monoisotopic (exact) mass is 376 g/mol. The topological polar surface area (TPSA) is 45.3 Å². The average Bonchev–Trinajstić information content (AvgIpc) is 3.17. The number of fused-ring (bicyclic) bond motifs is 1. The van der Waals surface area contributed by atoms with Crippen LogP contribution in [0.1, 0.15) is 35.2 Å². The molecule has 4 nitrogen and oxygen atoms in total. The largest absolute Gasteiger partial charge is 0.497 e. The number of nitrogens with zero attached hydrogens (tertiary/aromatic N) is 1. The van der Waals surface area contributed by atoms with Crippen molar-refractivity contribution in [1.29, 1.82) is 0 Å². The van der Waals surface area contributed by atoms with E-state index < -0.39 is 0 Å². The standard InChI is InChI=1S/C24H28N2O2/c1-28-20-7-8-23-21(16-20)22(17-25-23)24(27)11-14-26-12-9-19(10-13-26)15-18-5-3-2-4-6-18/h2-8,16-17,19,25H,9-15H2,1H3. The first-order valence-corrected chi connectivity index (χ1v) is 10.2. The smallest absolute Gasteiger partial charge is 0.166 e. The fourth-order valence-electron chi connectivity index (χ4n) is 4.21. The number of aromatic amines is 1. The van der Waals surface area contributed by atoms with Gasteiger partial charge in [0.15, 0.2) is 5.78 Å². The molecule has 146 valence electrons. The highest BCUT2D eigenvalue weighted by molar-refractivity contribution is 6.08. The second-order valence-electron chi connectivity index (χ2n) is 7.76. The van der Waals surface area contributed by atoms with E-state index in [4.69, 9.17) is 4.74 Å². The quantitative estimate of drug-likeness (QED) is 0.608. The molecule has 0 aliphatic carbocycles. The van der Waals surface area contributed by atoms with Gasteiger partial charge in [-0.1, -0.05) is 30.3 Å². The van der Waals surface area contributed by atoms with Gasteiger partial charge < -0.3 is 14.6 Å². The number of ketones is 1. The van der Waals surface area contributed by atoms with E-state index in [-0.39, 0.29) is 5.78 Å². The third kappa shape index (κ3) is 4.28. The van der Waals surface area contributed by atoms with Crippen LogP contribution >= 0.6 is 0 Å². The number of piperidine rings is 1. The molecule has 2 heterocycles. The summed E-state index contributed by atoms with van der Waals surface area (Å²) in [5.41, 5.74) is 3.18. The van der Waals surface area contributed by atoms with Crippen LogP contribution in [0.2, 0.25) is 0 Å². The maximum absolute atomic E-state index is 12.8. The summed E-state index contributed by atoms with van der Waals surface area (Å²) in [7, 11) is 1.65. The molecule has 3 aromatic rings. The number of benzene rings is 2. The van der Waals surface area contributed by atoms with Crippen molar-refractivity contribution in [1.82, 2.24) is 9.88 Å². The highest BCUT2D eigenvalue weighted by Gasteiger charge is 2.21. The molecular formula is C24H28N2O2. The molecule has 0 saturated carbocycles. The van der Waals surface area contributed by atoms with E-state index in [1.807, 2.05) is 24.4 Å². The van der Waals surface area contributed by atoms with Gasteiger partial charge in [0, 0.05) is 35.6 Å². The van der Waals surface area contributed by atoms with Gasteiger partial charge in [-0.2, -0.15) is 0 Å². The molecule has 1 N–H and O–H groups in total. The summed E-state index contributed by atoms with van der Waals surface area (Å²) in [6.45, 7) is 3.02. The van der Waals surface area contributed by atoms with E-state index in [2.05, 4.69) is 40.2 Å². The number of rotatable bonds is 7. The Balaban J connectivity index is 1.29. The van der Waals surface area contributed by atoms with Crippen LogP contribution in [0.5, 0.6) is 5.75 Å². The van der Waals surface area contributed by atoms with Crippen LogP contribution in [-0.4, -0.2) is 42.4 Å². The van der Waals surface area contributed by atoms with Crippen molar-refractivity contribution in [3.05, 3.63) is 65.9 Å². The van der Waals surface area contributed by atoms with Gasteiger partial charge >= 0.3 is 0 Å². The van der Waals surface area contributed by atoms with Gasteiger partial charge in [-0.25, -0.2) is 0 Å². The van der Waals surface area contributed by atoms with Crippen molar-refractivity contribution in [2.24, 2.45) is 5.92 Å². The van der Waals surface area contributed by atoms with Crippen LogP contribution in [0.4, 0.5) is 0 Å². The Morgan fingerprint density at radius 1 is 1.14 bits per heavy atom. The number of hydrogen-bond acceptors (Lipinski definition) is 3. The molecule has 4 heteroatoms. The molecule has 1 aliphatic heterocycles. The Morgan fingerprint density at radius 2 is 1.93 bits per heavy atom. The van der Waals surface area contributed by atoms with Gasteiger partial charge in [0.1, 0.15) is 5.75 Å². The van der Waals surface area contributed by atoms with Crippen molar-refractivity contribution < 1.29 is 9.53 Å². The van der Waals surface area contributed by atoms with Crippen LogP contribution in [-0.2, 0) is 6.42 Å². The SMILES string of the molecule is COc1ccc2[nH]cc(C(=O)CCN3CCC(Cc4ccccc4)CC3)c2c1. The number of Topliss-reactive ketones (excluding diaryl/α,β-unsaturated/α-hetero) is 1. The molecule has 0 radical (unpaired) electrons. The van der Waals surface area contributed by atoms with Gasteiger partial charge in [-0.05, 0) is 62.0 Å². The van der Waals surface area contributed by atoms with Gasteiger partial charge in [0.05, 0.1) is 7.11 Å². The van der Waals surface area contributed by atoms with Crippen LogP contribution in [0.25, 0.3) is 10.9 Å². The Bertz CT molecular complexity index is 924. The Hall–Kier alpha value is -2.59. The van der Waals surface area contributed by atoms with E-state index in [0.717, 1.165) is 47.8 Å². The Labute approximate surface area is 166 Å². The Kier molecular flexibility index (Phi) is 5.77. The summed E-state index contributed by atoms with van der Waals surface area (Å²) in [6, 6.07) is 16.6. The highest BCUT2D eigenvalue weighted by atomic mass is 16.5. The molecule has 1 aromatic heterocycles. The highest BCUT2D eigenvalue weighted by Crippen LogP contribution is 2.25. The zero-order valence-electron chi connectivity index (χ0n) is 16.5. The first-order chi connectivity index (χ1) is 13.7. The van der Waals surface area contributed by atoms with Crippen molar-refractivity contribution in [2.75, 3.05) is 26.7 Å². The lowest BCUT2D eigenvalue weighted by Crippen LogP contribution is -2.35.